The van der Waals surface area contributed by atoms with Crippen LogP contribution in [0.5, 0.6) is 0 Å². The third-order valence-electron chi connectivity index (χ3n) is 4.98. The molecule has 4 rings (SSSR count). The monoisotopic (exact) mass is 357 g/mol. The van der Waals surface area contributed by atoms with Crippen molar-refractivity contribution in [1.29, 1.82) is 0 Å². The summed E-state index contributed by atoms with van der Waals surface area (Å²) >= 11 is 0. The summed E-state index contributed by atoms with van der Waals surface area (Å²) in [7, 11) is 0. The van der Waals surface area contributed by atoms with E-state index in [0.717, 1.165) is 43.9 Å². The van der Waals surface area contributed by atoms with E-state index < -0.39 is 11.7 Å². The highest BCUT2D eigenvalue weighted by atomic mass is 19.1. The van der Waals surface area contributed by atoms with E-state index in [-0.39, 0.29) is 24.8 Å². The summed E-state index contributed by atoms with van der Waals surface area (Å²) in [5.41, 5.74) is 0.987. The van der Waals surface area contributed by atoms with Crippen molar-refractivity contribution in [2.24, 2.45) is 0 Å². The van der Waals surface area contributed by atoms with Crippen LogP contribution in [0.1, 0.15) is 48.8 Å². The number of carbonyl (C=O) groups excluding carboxylic acids is 2. The quantitative estimate of drug-likeness (QED) is 0.878. The van der Waals surface area contributed by atoms with Gasteiger partial charge in [-0.15, -0.1) is 10.2 Å². The maximum atomic E-state index is 13.6. The summed E-state index contributed by atoms with van der Waals surface area (Å²) in [6.45, 7) is 1.10. The van der Waals surface area contributed by atoms with Crippen molar-refractivity contribution >= 4 is 17.5 Å². The van der Waals surface area contributed by atoms with Crippen LogP contribution >= 0.6 is 0 Å². The molecule has 0 radical (unpaired) electrons. The molecule has 0 bridgehead atoms. The molecule has 0 aliphatic carbocycles. The van der Waals surface area contributed by atoms with Crippen molar-refractivity contribution in [2.45, 2.75) is 51.1 Å². The fourth-order valence-electron chi connectivity index (χ4n) is 3.63. The van der Waals surface area contributed by atoms with Gasteiger partial charge in [0.1, 0.15) is 11.6 Å². The fraction of sp³-hybridized carbons (Fsp3) is 0.444. The van der Waals surface area contributed by atoms with Gasteiger partial charge in [0.15, 0.2) is 5.82 Å². The molecule has 0 unspecified atom stereocenters. The minimum Gasteiger partial charge on any atom is -0.348 e. The largest absolute Gasteiger partial charge is 0.348 e. The van der Waals surface area contributed by atoms with E-state index in [2.05, 4.69) is 25.4 Å². The van der Waals surface area contributed by atoms with Crippen LogP contribution in [0.2, 0.25) is 0 Å². The van der Waals surface area contributed by atoms with Gasteiger partial charge >= 0.3 is 0 Å². The van der Waals surface area contributed by atoms with Crippen LogP contribution < -0.4 is 10.6 Å². The average Bonchev–Trinajstić information content (AvgIpc) is 2.85. The molecular weight excluding hydrogens is 337 g/mol. The second-order valence-corrected chi connectivity index (χ2v) is 6.75. The molecule has 1 atom stereocenters. The smallest absolute Gasteiger partial charge is 0.228 e. The van der Waals surface area contributed by atoms with Crippen molar-refractivity contribution in [2.75, 3.05) is 5.32 Å². The Morgan fingerprint density at radius 3 is 3.08 bits per heavy atom. The minimum absolute atomic E-state index is 0.000225. The average molecular weight is 357 g/mol. The van der Waals surface area contributed by atoms with Gasteiger partial charge in [0.25, 0.3) is 0 Å². The molecule has 2 aromatic rings. The standard InChI is InChI=1S/C18H20FN5O2/c19-11-5-6-14-12(8-11)13(9-17(25)21-14)18(26)20-10-16-23-22-15-4-2-1-3-7-24(15)16/h5-6,8,13H,1-4,7,9-10H2,(H,20,26)(H,21,25)/t13-/m0/s1. The molecule has 7 nitrogen and oxygen atoms in total. The van der Waals surface area contributed by atoms with Gasteiger partial charge in [-0.1, -0.05) is 6.42 Å². The first-order valence-corrected chi connectivity index (χ1v) is 8.90. The summed E-state index contributed by atoms with van der Waals surface area (Å²) < 4.78 is 15.7. The second-order valence-electron chi connectivity index (χ2n) is 6.75. The minimum atomic E-state index is -0.707. The molecule has 3 heterocycles. The van der Waals surface area contributed by atoms with Crippen LogP contribution in [0.3, 0.4) is 0 Å². The first-order chi connectivity index (χ1) is 12.6. The molecule has 1 aromatic heterocycles. The first kappa shape index (κ1) is 16.7. The number of anilines is 1. The number of benzene rings is 1. The zero-order valence-electron chi connectivity index (χ0n) is 14.3. The Kier molecular flexibility index (Phi) is 4.40. The van der Waals surface area contributed by atoms with E-state index in [1.54, 1.807) is 0 Å². The van der Waals surface area contributed by atoms with Crippen LogP contribution in [0.15, 0.2) is 18.2 Å². The molecule has 0 spiro atoms. The van der Waals surface area contributed by atoms with E-state index in [4.69, 9.17) is 0 Å². The van der Waals surface area contributed by atoms with Gasteiger partial charge in [0.05, 0.1) is 12.5 Å². The van der Waals surface area contributed by atoms with Gasteiger partial charge in [-0.3, -0.25) is 9.59 Å². The van der Waals surface area contributed by atoms with Gasteiger partial charge in [-0.25, -0.2) is 4.39 Å². The molecule has 136 valence electrons. The number of fused-ring (bicyclic) bond motifs is 2. The highest BCUT2D eigenvalue weighted by Gasteiger charge is 2.31. The highest BCUT2D eigenvalue weighted by molar-refractivity contribution is 6.01. The molecule has 2 N–H and O–H groups in total. The normalized spacial score (nSPS) is 19.1. The number of halogens is 1. The van der Waals surface area contributed by atoms with Crippen molar-refractivity contribution in [3.63, 3.8) is 0 Å². The van der Waals surface area contributed by atoms with Gasteiger partial charge < -0.3 is 15.2 Å². The maximum Gasteiger partial charge on any atom is 0.228 e. The zero-order chi connectivity index (χ0) is 18.1. The molecule has 0 saturated heterocycles. The summed E-state index contributed by atoms with van der Waals surface area (Å²) in [4.78, 5) is 24.6. The van der Waals surface area contributed by atoms with Crippen LogP contribution in [-0.4, -0.2) is 26.6 Å². The lowest BCUT2D eigenvalue weighted by Gasteiger charge is -2.24. The highest BCUT2D eigenvalue weighted by Crippen LogP contribution is 2.33. The predicted molar refractivity (Wildman–Crippen MR) is 91.8 cm³/mol. The molecule has 2 aliphatic heterocycles. The number of aryl methyl sites for hydroxylation is 1. The van der Waals surface area contributed by atoms with Gasteiger partial charge in [-0.2, -0.15) is 0 Å². The Morgan fingerprint density at radius 1 is 1.31 bits per heavy atom. The zero-order valence-corrected chi connectivity index (χ0v) is 14.3. The van der Waals surface area contributed by atoms with Crippen LogP contribution in [-0.2, 0) is 29.1 Å². The Bertz CT molecular complexity index is 863. The molecule has 8 heteroatoms. The lowest BCUT2D eigenvalue weighted by Crippen LogP contribution is -2.35. The fourth-order valence-corrected chi connectivity index (χ4v) is 3.63. The van der Waals surface area contributed by atoms with E-state index in [9.17, 15) is 14.0 Å². The van der Waals surface area contributed by atoms with Crippen molar-refractivity contribution in [3.8, 4) is 0 Å². The van der Waals surface area contributed by atoms with Crippen LogP contribution in [0, 0.1) is 5.82 Å². The van der Waals surface area contributed by atoms with E-state index in [1.807, 2.05) is 0 Å². The van der Waals surface area contributed by atoms with E-state index in [1.165, 1.54) is 18.2 Å². The Labute approximate surface area is 150 Å². The second kappa shape index (κ2) is 6.86. The third kappa shape index (κ3) is 3.18. The topological polar surface area (TPSA) is 88.9 Å². The summed E-state index contributed by atoms with van der Waals surface area (Å²) in [5, 5.41) is 13.9. The van der Waals surface area contributed by atoms with Crippen LogP contribution in [0.4, 0.5) is 10.1 Å². The van der Waals surface area contributed by atoms with Crippen molar-refractivity contribution < 1.29 is 14.0 Å². The summed E-state index contributed by atoms with van der Waals surface area (Å²) in [5.74, 6) is -0.0223. The molecule has 0 fully saturated rings. The Hall–Kier alpha value is -2.77. The Morgan fingerprint density at radius 2 is 2.19 bits per heavy atom. The molecule has 1 aromatic carbocycles. The molecule has 26 heavy (non-hydrogen) atoms. The number of aromatic nitrogens is 3. The number of hydrogen-bond acceptors (Lipinski definition) is 4. The van der Waals surface area contributed by atoms with Gasteiger partial charge in [0.2, 0.25) is 11.8 Å². The number of nitrogens with zero attached hydrogens (tertiary/aromatic N) is 3. The predicted octanol–water partition coefficient (Wildman–Crippen LogP) is 1.89. The summed E-state index contributed by atoms with van der Waals surface area (Å²) in [6, 6.07) is 4.06. The lowest BCUT2D eigenvalue weighted by molar-refractivity contribution is -0.126. The lowest BCUT2D eigenvalue weighted by atomic mass is 9.89. The number of hydrogen-bond donors (Lipinski definition) is 2. The van der Waals surface area contributed by atoms with E-state index >= 15 is 0 Å². The number of carbonyl (C=O) groups is 2. The van der Waals surface area contributed by atoms with Crippen molar-refractivity contribution in [1.82, 2.24) is 20.1 Å². The SMILES string of the molecule is O=C1C[C@H](C(=O)NCc2nnc3n2CCCCC3)c2cc(F)ccc2N1. The summed E-state index contributed by atoms with van der Waals surface area (Å²) in [6.07, 6.45) is 4.23. The van der Waals surface area contributed by atoms with Gasteiger partial charge in [-0.05, 0) is 36.6 Å². The molecule has 0 saturated carbocycles. The van der Waals surface area contributed by atoms with Crippen molar-refractivity contribution in [3.05, 3.63) is 41.2 Å². The first-order valence-electron chi connectivity index (χ1n) is 8.90. The van der Waals surface area contributed by atoms with Gasteiger partial charge in [0, 0.05) is 25.1 Å². The van der Waals surface area contributed by atoms with Crippen LogP contribution in [0.25, 0.3) is 0 Å². The molecule has 2 aliphatic rings. The number of amides is 2. The Balaban J connectivity index is 1.50. The third-order valence-corrected chi connectivity index (χ3v) is 4.98. The number of nitrogens with one attached hydrogen (secondary N) is 2. The molecule has 2 amide bonds. The van der Waals surface area contributed by atoms with E-state index in [0.29, 0.717) is 11.3 Å². The number of rotatable bonds is 3. The maximum absolute atomic E-state index is 13.6. The molecular formula is C18H20FN5O2.